The third-order valence-corrected chi connectivity index (χ3v) is 7.24. The number of benzene rings is 1. The summed E-state index contributed by atoms with van der Waals surface area (Å²) in [5, 5.41) is 2.58. The van der Waals surface area contributed by atoms with E-state index in [4.69, 9.17) is 4.74 Å². The van der Waals surface area contributed by atoms with E-state index in [9.17, 15) is 22.8 Å². The van der Waals surface area contributed by atoms with Crippen molar-refractivity contribution in [3.8, 4) is 17.0 Å². The van der Waals surface area contributed by atoms with E-state index in [0.717, 1.165) is 25.5 Å². The smallest absolute Gasteiger partial charge is 0.417 e. The van der Waals surface area contributed by atoms with Crippen LogP contribution in [0.2, 0.25) is 0 Å². The molecule has 2 heterocycles. The Kier molecular flexibility index (Phi) is 11.9. The van der Waals surface area contributed by atoms with Crippen LogP contribution in [0.5, 0.6) is 5.88 Å². The molecule has 12 heteroatoms. The van der Waals surface area contributed by atoms with Gasteiger partial charge in [0.25, 0.3) is 5.91 Å². The molecular formula is C32H41F4N5O3. The number of amides is 1. The Morgan fingerprint density at radius 1 is 1.14 bits per heavy atom. The standard InChI is InChI=1S/C30H35F4N5O3.C2H6/c1-37(2)17-23(24(10-12-40)30(32,33)34)29(41)36-26-13-22(20-7-8-28(35-15-20)42-18-19-5-6-19)25(31)14-27(26)39-11-9-21(16-39)38(3)4;1-2/h7-8,10,12-15,17,19,21H,5-6,9,11,16,18H2,1-4H3,(H,36,41);1-2H3/b23-17+,24-10+;/t21-;/m0./s1. The zero-order valence-electron chi connectivity index (χ0n) is 26.0. The Morgan fingerprint density at radius 2 is 1.84 bits per heavy atom. The number of halogens is 4. The van der Waals surface area contributed by atoms with Crippen molar-refractivity contribution in [2.45, 2.75) is 45.3 Å². The van der Waals surface area contributed by atoms with E-state index >= 15 is 4.39 Å². The second-order valence-electron chi connectivity index (χ2n) is 11.0. The number of carbonyl (C=O) groups is 2. The number of hydrogen-bond acceptors (Lipinski definition) is 7. The van der Waals surface area contributed by atoms with Crippen molar-refractivity contribution in [3.63, 3.8) is 0 Å². The number of rotatable bonds is 11. The molecule has 8 nitrogen and oxygen atoms in total. The zero-order valence-corrected chi connectivity index (χ0v) is 26.0. The van der Waals surface area contributed by atoms with E-state index in [2.05, 4.69) is 10.3 Å². The van der Waals surface area contributed by atoms with Gasteiger partial charge in [0.15, 0.2) is 0 Å². The monoisotopic (exact) mass is 619 g/mol. The molecule has 44 heavy (non-hydrogen) atoms. The van der Waals surface area contributed by atoms with Crippen molar-refractivity contribution in [2.75, 3.05) is 58.1 Å². The highest BCUT2D eigenvalue weighted by molar-refractivity contribution is 6.09. The molecule has 0 unspecified atom stereocenters. The molecule has 1 aromatic heterocycles. The van der Waals surface area contributed by atoms with Crippen LogP contribution in [0.25, 0.3) is 11.1 Å². The molecule has 1 aromatic carbocycles. The van der Waals surface area contributed by atoms with Gasteiger partial charge in [0.1, 0.15) is 12.1 Å². The average molecular weight is 620 g/mol. The molecular weight excluding hydrogens is 578 g/mol. The number of allylic oxidation sites excluding steroid dienone is 1. The summed E-state index contributed by atoms with van der Waals surface area (Å²) in [4.78, 5) is 34.0. The predicted molar refractivity (Wildman–Crippen MR) is 164 cm³/mol. The quantitative estimate of drug-likeness (QED) is 0.145. The van der Waals surface area contributed by atoms with Crippen LogP contribution in [-0.2, 0) is 9.59 Å². The van der Waals surface area contributed by atoms with Gasteiger partial charge in [-0.1, -0.05) is 13.8 Å². The molecule has 1 atom stereocenters. The minimum Gasteiger partial charge on any atom is -0.477 e. The fourth-order valence-corrected chi connectivity index (χ4v) is 4.74. The SMILES string of the molecule is CC.CN(C)/C=C(C(=O)Nc1cc(-c2ccc(OCC3CC3)nc2)c(F)cc1N1CC[C@H](N(C)C)C1)\C(=C/C=O)C(F)(F)F. The van der Waals surface area contributed by atoms with E-state index < -0.39 is 29.0 Å². The molecule has 1 aliphatic carbocycles. The number of hydrogen-bond donors (Lipinski definition) is 1. The largest absolute Gasteiger partial charge is 0.477 e. The maximum Gasteiger partial charge on any atom is 0.417 e. The van der Waals surface area contributed by atoms with E-state index in [1.807, 2.05) is 37.7 Å². The summed E-state index contributed by atoms with van der Waals surface area (Å²) >= 11 is 0. The number of alkyl halides is 3. The lowest BCUT2D eigenvalue weighted by Gasteiger charge is -2.25. The summed E-state index contributed by atoms with van der Waals surface area (Å²) in [6.45, 7) is 5.65. The fraction of sp³-hybridized carbons (Fsp3) is 0.469. The summed E-state index contributed by atoms with van der Waals surface area (Å²) in [5.74, 6) is -0.738. The van der Waals surface area contributed by atoms with Crippen LogP contribution < -0.4 is 15.0 Å². The number of aldehydes is 1. The summed E-state index contributed by atoms with van der Waals surface area (Å²) in [7, 11) is 6.78. The molecule has 2 fully saturated rings. The Balaban J connectivity index is 0.00000259. The number of likely N-dealkylation sites (N-methyl/N-ethyl adjacent to an activating group) is 1. The van der Waals surface area contributed by atoms with Gasteiger partial charge in [0.05, 0.1) is 29.1 Å². The van der Waals surface area contributed by atoms with E-state index in [1.165, 1.54) is 37.3 Å². The van der Waals surface area contributed by atoms with Gasteiger partial charge in [-0.15, -0.1) is 0 Å². The lowest BCUT2D eigenvalue weighted by Crippen LogP contribution is -2.32. The van der Waals surface area contributed by atoms with Crippen molar-refractivity contribution in [2.24, 2.45) is 5.92 Å². The Bertz CT molecular complexity index is 1350. The third kappa shape index (κ3) is 9.04. The summed E-state index contributed by atoms with van der Waals surface area (Å²) in [6.07, 6.45) is 0.793. The molecule has 240 valence electrons. The van der Waals surface area contributed by atoms with Gasteiger partial charge in [-0.25, -0.2) is 9.37 Å². The Labute approximate surface area is 256 Å². The van der Waals surface area contributed by atoms with Crippen molar-refractivity contribution in [1.29, 1.82) is 0 Å². The molecule has 0 spiro atoms. The van der Waals surface area contributed by atoms with Crippen LogP contribution in [-0.4, -0.2) is 87.1 Å². The molecule has 0 radical (unpaired) electrons. The first-order valence-electron chi connectivity index (χ1n) is 14.6. The van der Waals surface area contributed by atoms with Crippen molar-refractivity contribution < 1.29 is 31.9 Å². The first-order valence-corrected chi connectivity index (χ1v) is 14.6. The summed E-state index contributed by atoms with van der Waals surface area (Å²) in [5.41, 5.74) is -1.18. The van der Waals surface area contributed by atoms with Gasteiger partial charge in [-0.3, -0.25) is 9.59 Å². The minimum atomic E-state index is -4.97. The predicted octanol–water partition coefficient (Wildman–Crippen LogP) is 5.91. The lowest BCUT2D eigenvalue weighted by atomic mass is 10.0. The van der Waals surface area contributed by atoms with Crippen molar-refractivity contribution in [3.05, 3.63) is 59.7 Å². The van der Waals surface area contributed by atoms with E-state index in [0.29, 0.717) is 48.8 Å². The Morgan fingerprint density at radius 3 is 2.36 bits per heavy atom. The van der Waals surface area contributed by atoms with Crippen molar-refractivity contribution in [1.82, 2.24) is 14.8 Å². The topological polar surface area (TPSA) is 78.0 Å². The fourth-order valence-electron chi connectivity index (χ4n) is 4.74. The maximum atomic E-state index is 15.6. The highest BCUT2D eigenvalue weighted by Crippen LogP contribution is 2.38. The molecule has 2 aromatic rings. The van der Waals surface area contributed by atoms with Crippen LogP contribution in [0, 0.1) is 11.7 Å². The second-order valence-corrected chi connectivity index (χ2v) is 11.0. The summed E-state index contributed by atoms with van der Waals surface area (Å²) < 4.78 is 62.9. The first-order chi connectivity index (χ1) is 20.9. The number of nitrogens with one attached hydrogen (secondary N) is 1. The number of anilines is 2. The highest BCUT2D eigenvalue weighted by atomic mass is 19.4. The molecule has 2 aliphatic rings. The van der Waals surface area contributed by atoms with Crippen LogP contribution in [0.15, 0.2) is 53.9 Å². The molecule has 4 rings (SSSR count). The van der Waals surface area contributed by atoms with Gasteiger partial charge in [0.2, 0.25) is 5.88 Å². The lowest BCUT2D eigenvalue weighted by molar-refractivity contribution is -0.115. The highest BCUT2D eigenvalue weighted by Gasteiger charge is 2.39. The van der Waals surface area contributed by atoms with Gasteiger partial charge in [0, 0.05) is 62.8 Å². The zero-order chi connectivity index (χ0) is 32.6. The Hall–Kier alpha value is -3.93. The van der Waals surface area contributed by atoms with E-state index in [1.54, 1.807) is 12.1 Å². The number of ether oxygens (including phenoxy) is 1. The molecule has 1 aliphatic heterocycles. The van der Waals surface area contributed by atoms with Gasteiger partial charge in [-0.05, 0) is 63.6 Å². The van der Waals surface area contributed by atoms with E-state index in [-0.39, 0.29) is 23.6 Å². The maximum absolute atomic E-state index is 15.6. The second kappa shape index (κ2) is 15.2. The summed E-state index contributed by atoms with van der Waals surface area (Å²) in [6, 6.07) is 6.12. The number of nitrogens with zero attached hydrogens (tertiary/aromatic N) is 4. The van der Waals surface area contributed by atoms with Crippen molar-refractivity contribution >= 4 is 23.6 Å². The molecule has 0 bridgehead atoms. The average Bonchev–Trinajstić information content (AvgIpc) is 3.68. The molecule has 1 saturated heterocycles. The van der Waals surface area contributed by atoms with Gasteiger partial charge >= 0.3 is 6.18 Å². The molecule has 1 amide bonds. The van der Waals surface area contributed by atoms with Crippen LogP contribution in [0.1, 0.15) is 33.1 Å². The van der Waals surface area contributed by atoms with Gasteiger partial charge in [-0.2, -0.15) is 13.2 Å². The molecule has 1 saturated carbocycles. The number of pyridine rings is 1. The first kappa shape index (κ1) is 34.6. The van der Waals surface area contributed by atoms with Crippen LogP contribution in [0.4, 0.5) is 28.9 Å². The van der Waals surface area contributed by atoms with Crippen LogP contribution in [0.3, 0.4) is 0 Å². The number of carbonyl (C=O) groups excluding carboxylic acids is 2. The number of aromatic nitrogens is 1. The van der Waals surface area contributed by atoms with Gasteiger partial charge < -0.3 is 24.8 Å². The minimum absolute atomic E-state index is 0.0162. The normalized spacial score (nSPS) is 17.2. The van der Waals surface area contributed by atoms with Crippen LogP contribution >= 0.6 is 0 Å². The third-order valence-electron chi connectivity index (χ3n) is 7.24. The molecule has 1 N–H and O–H groups in total.